The van der Waals surface area contributed by atoms with Crippen LogP contribution in [0.25, 0.3) is 0 Å². The maximum atomic E-state index is 3.55. The molecule has 84 valence electrons. The number of allylic oxidation sites excluding steroid dienone is 3. The van der Waals surface area contributed by atoms with Gasteiger partial charge in [-0.2, -0.15) is 0 Å². The number of nitrogens with one attached hydrogen (secondary N) is 1. The molecule has 0 radical (unpaired) electrons. The smallest absolute Gasteiger partial charge is 0.0105 e. The van der Waals surface area contributed by atoms with Crippen LogP contribution in [0.5, 0.6) is 0 Å². The predicted molar refractivity (Wildman–Crippen MR) is 65.9 cm³/mol. The molecule has 1 heteroatoms. The van der Waals surface area contributed by atoms with Gasteiger partial charge in [-0.1, -0.05) is 30.7 Å². The lowest BCUT2D eigenvalue weighted by Gasteiger charge is -2.34. The van der Waals surface area contributed by atoms with Crippen LogP contribution in [0.1, 0.15) is 45.4 Å². The normalized spacial score (nSPS) is 24.2. The summed E-state index contributed by atoms with van der Waals surface area (Å²) in [5.41, 5.74) is 2.19. The fraction of sp³-hybridized carbons (Fsp3) is 0.714. The minimum atomic E-state index is 0.455. The van der Waals surface area contributed by atoms with Crippen molar-refractivity contribution in [2.45, 2.75) is 45.4 Å². The van der Waals surface area contributed by atoms with Gasteiger partial charge in [-0.15, -0.1) is 0 Å². The largest absolute Gasteiger partial charge is 0.316 e. The molecule has 0 aromatic carbocycles. The first-order chi connectivity index (χ1) is 7.37. The standard InChI is InChI=1S/C14H23N/c1-2-15-12-14(10-6-7-11-14)13-8-4-3-5-9-13/h6-8,15H,2-5,9-12H2,1H3. The zero-order valence-electron chi connectivity index (χ0n) is 9.89. The van der Waals surface area contributed by atoms with Gasteiger partial charge in [0.25, 0.3) is 0 Å². The second-order valence-corrected chi connectivity index (χ2v) is 4.92. The molecule has 0 unspecified atom stereocenters. The van der Waals surface area contributed by atoms with E-state index in [1.165, 1.54) is 45.1 Å². The third-order valence-corrected chi connectivity index (χ3v) is 3.87. The summed E-state index contributed by atoms with van der Waals surface area (Å²) >= 11 is 0. The summed E-state index contributed by atoms with van der Waals surface area (Å²) in [6.45, 7) is 4.46. The highest BCUT2D eigenvalue weighted by atomic mass is 14.9. The highest BCUT2D eigenvalue weighted by Crippen LogP contribution is 2.43. The average molecular weight is 205 g/mol. The van der Waals surface area contributed by atoms with Crippen molar-refractivity contribution >= 4 is 0 Å². The van der Waals surface area contributed by atoms with Crippen molar-refractivity contribution in [3.8, 4) is 0 Å². The van der Waals surface area contributed by atoms with Gasteiger partial charge in [-0.3, -0.25) is 0 Å². The van der Waals surface area contributed by atoms with Crippen LogP contribution in [0, 0.1) is 5.41 Å². The van der Waals surface area contributed by atoms with Crippen molar-refractivity contribution in [3.63, 3.8) is 0 Å². The maximum absolute atomic E-state index is 3.55. The van der Waals surface area contributed by atoms with E-state index in [1.807, 2.05) is 0 Å². The Morgan fingerprint density at radius 2 is 2.07 bits per heavy atom. The Balaban J connectivity index is 2.07. The number of hydrogen-bond donors (Lipinski definition) is 1. The molecule has 0 spiro atoms. The van der Waals surface area contributed by atoms with Gasteiger partial charge in [0.2, 0.25) is 0 Å². The first-order valence-corrected chi connectivity index (χ1v) is 6.43. The van der Waals surface area contributed by atoms with E-state index in [0.717, 1.165) is 6.54 Å². The molecule has 0 saturated heterocycles. The van der Waals surface area contributed by atoms with Crippen molar-refractivity contribution in [3.05, 3.63) is 23.8 Å². The SMILES string of the molecule is CCNCC1(C2=CCCCC2)CC=CC1. The molecule has 0 fully saturated rings. The van der Waals surface area contributed by atoms with Gasteiger partial charge in [0.1, 0.15) is 0 Å². The summed E-state index contributed by atoms with van der Waals surface area (Å²) in [6.07, 6.45) is 15.2. The van der Waals surface area contributed by atoms with Gasteiger partial charge in [0.15, 0.2) is 0 Å². The van der Waals surface area contributed by atoms with E-state index in [9.17, 15) is 0 Å². The van der Waals surface area contributed by atoms with E-state index in [2.05, 4.69) is 30.5 Å². The molecule has 2 aliphatic carbocycles. The minimum Gasteiger partial charge on any atom is -0.316 e. The van der Waals surface area contributed by atoms with Gasteiger partial charge in [-0.05, 0) is 45.1 Å². The monoisotopic (exact) mass is 205 g/mol. The Hall–Kier alpha value is -0.560. The van der Waals surface area contributed by atoms with E-state index < -0.39 is 0 Å². The first-order valence-electron chi connectivity index (χ1n) is 6.43. The van der Waals surface area contributed by atoms with Gasteiger partial charge >= 0.3 is 0 Å². The number of hydrogen-bond acceptors (Lipinski definition) is 1. The molecule has 0 amide bonds. The van der Waals surface area contributed by atoms with E-state index >= 15 is 0 Å². The van der Waals surface area contributed by atoms with Crippen LogP contribution in [0.3, 0.4) is 0 Å². The molecular weight excluding hydrogens is 182 g/mol. The van der Waals surface area contributed by atoms with Crippen LogP contribution in [-0.2, 0) is 0 Å². The van der Waals surface area contributed by atoms with Crippen LogP contribution < -0.4 is 5.32 Å². The van der Waals surface area contributed by atoms with Gasteiger partial charge in [-0.25, -0.2) is 0 Å². The van der Waals surface area contributed by atoms with Crippen LogP contribution in [-0.4, -0.2) is 13.1 Å². The zero-order chi connectivity index (χ0) is 10.6. The zero-order valence-corrected chi connectivity index (χ0v) is 9.89. The highest BCUT2D eigenvalue weighted by molar-refractivity contribution is 5.24. The summed E-state index contributed by atoms with van der Waals surface area (Å²) < 4.78 is 0. The Morgan fingerprint density at radius 1 is 1.27 bits per heavy atom. The van der Waals surface area contributed by atoms with E-state index in [1.54, 1.807) is 5.57 Å². The van der Waals surface area contributed by atoms with Crippen molar-refractivity contribution in [1.82, 2.24) is 5.32 Å². The Bertz CT molecular complexity index is 255. The first kappa shape index (κ1) is 10.9. The number of rotatable bonds is 4. The Labute approximate surface area is 93.6 Å². The van der Waals surface area contributed by atoms with Gasteiger partial charge in [0, 0.05) is 12.0 Å². The van der Waals surface area contributed by atoms with E-state index in [4.69, 9.17) is 0 Å². The molecule has 0 aromatic heterocycles. The van der Waals surface area contributed by atoms with Crippen molar-refractivity contribution in [1.29, 1.82) is 0 Å². The summed E-state index contributed by atoms with van der Waals surface area (Å²) in [4.78, 5) is 0. The minimum absolute atomic E-state index is 0.455. The second-order valence-electron chi connectivity index (χ2n) is 4.92. The van der Waals surface area contributed by atoms with Crippen molar-refractivity contribution in [2.75, 3.05) is 13.1 Å². The fourth-order valence-corrected chi connectivity index (χ4v) is 2.91. The van der Waals surface area contributed by atoms with E-state index in [0.29, 0.717) is 5.41 Å². The molecule has 0 heterocycles. The fourth-order valence-electron chi connectivity index (χ4n) is 2.91. The molecule has 2 rings (SSSR count). The maximum Gasteiger partial charge on any atom is 0.0105 e. The lowest BCUT2D eigenvalue weighted by molar-refractivity contribution is 0.339. The van der Waals surface area contributed by atoms with E-state index in [-0.39, 0.29) is 0 Å². The predicted octanol–water partition coefficient (Wildman–Crippen LogP) is 3.43. The lowest BCUT2D eigenvalue weighted by atomic mass is 9.73. The molecule has 0 saturated carbocycles. The molecule has 0 aromatic rings. The van der Waals surface area contributed by atoms with Crippen LogP contribution in [0.4, 0.5) is 0 Å². The molecule has 0 aliphatic heterocycles. The summed E-state index contributed by atoms with van der Waals surface area (Å²) in [7, 11) is 0. The molecule has 2 aliphatic rings. The van der Waals surface area contributed by atoms with Crippen LogP contribution in [0.15, 0.2) is 23.8 Å². The van der Waals surface area contributed by atoms with Crippen LogP contribution in [0.2, 0.25) is 0 Å². The van der Waals surface area contributed by atoms with Crippen molar-refractivity contribution in [2.24, 2.45) is 5.41 Å². The topological polar surface area (TPSA) is 12.0 Å². The van der Waals surface area contributed by atoms with Gasteiger partial charge in [0.05, 0.1) is 0 Å². The molecule has 1 N–H and O–H groups in total. The van der Waals surface area contributed by atoms with Crippen molar-refractivity contribution < 1.29 is 0 Å². The Kier molecular flexibility index (Phi) is 3.63. The van der Waals surface area contributed by atoms with Crippen LogP contribution >= 0.6 is 0 Å². The molecular formula is C14H23N. The quantitative estimate of drug-likeness (QED) is 0.693. The second kappa shape index (κ2) is 4.98. The third-order valence-electron chi connectivity index (χ3n) is 3.87. The molecule has 0 atom stereocenters. The molecule has 1 nitrogen and oxygen atoms in total. The summed E-state index contributed by atoms with van der Waals surface area (Å²) in [6, 6.07) is 0. The molecule has 15 heavy (non-hydrogen) atoms. The van der Waals surface area contributed by atoms with Gasteiger partial charge < -0.3 is 5.32 Å². The Morgan fingerprint density at radius 3 is 2.67 bits per heavy atom. The highest BCUT2D eigenvalue weighted by Gasteiger charge is 2.34. The summed E-state index contributed by atoms with van der Waals surface area (Å²) in [5.74, 6) is 0. The molecule has 0 bridgehead atoms. The summed E-state index contributed by atoms with van der Waals surface area (Å²) in [5, 5.41) is 3.55. The third kappa shape index (κ3) is 2.34. The lowest BCUT2D eigenvalue weighted by Crippen LogP contribution is -2.34. The average Bonchev–Trinajstić information content (AvgIpc) is 2.78.